The third-order valence-electron chi connectivity index (χ3n) is 2.80. The number of hydrogen-bond acceptors (Lipinski definition) is 3. The van der Waals surface area contributed by atoms with Gasteiger partial charge in [-0.05, 0) is 38.1 Å². The second-order valence-corrected chi connectivity index (χ2v) is 5.40. The van der Waals surface area contributed by atoms with Crippen molar-refractivity contribution in [2.24, 2.45) is 0 Å². The fourth-order valence-corrected chi connectivity index (χ4v) is 1.97. The predicted octanol–water partition coefficient (Wildman–Crippen LogP) is 3.13. The highest BCUT2D eigenvalue weighted by molar-refractivity contribution is 6.33. The number of anilines is 1. The number of hydrogen-bond donors (Lipinski definition) is 2. The molecule has 0 atom stereocenters. The zero-order valence-corrected chi connectivity index (χ0v) is 13.0. The Morgan fingerprint density at radius 3 is 2.55 bits per heavy atom. The van der Waals surface area contributed by atoms with Crippen molar-refractivity contribution in [1.82, 2.24) is 10.3 Å². The lowest BCUT2D eigenvalue weighted by Gasteiger charge is -2.09. The lowest BCUT2D eigenvalue weighted by atomic mass is 10.2. The summed E-state index contributed by atoms with van der Waals surface area (Å²) in [7, 11) is 0. The molecule has 0 fully saturated rings. The minimum atomic E-state index is -0.353. The van der Waals surface area contributed by atoms with Gasteiger partial charge in [-0.1, -0.05) is 23.7 Å². The number of pyridine rings is 1. The largest absolute Gasteiger partial charge is 0.349 e. The molecule has 2 N–H and O–H groups in total. The summed E-state index contributed by atoms with van der Waals surface area (Å²) in [5, 5.41) is 5.88. The first kappa shape index (κ1) is 16.0. The van der Waals surface area contributed by atoms with E-state index in [-0.39, 0.29) is 23.6 Å². The monoisotopic (exact) mass is 317 g/mol. The molecule has 1 heterocycles. The molecule has 0 bridgehead atoms. The molecule has 0 saturated heterocycles. The zero-order chi connectivity index (χ0) is 16.1. The van der Waals surface area contributed by atoms with E-state index in [9.17, 15) is 9.59 Å². The Bertz CT molecular complexity index is 701. The summed E-state index contributed by atoms with van der Waals surface area (Å²) >= 11 is 6.00. The second kappa shape index (κ2) is 7.04. The molecule has 0 saturated carbocycles. The molecule has 2 rings (SSSR count). The van der Waals surface area contributed by atoms with Crippen LogP contribution >= 0.6 is 11.6 Å². The van der Waals surface area contributed by atoms with E-state index >= 15 is 0 Å². The summed E-state index contributed by atoms with van der Waals surface area (Å²) in [6.45, 7) is 3.71. The molecule has 1 aromatic heterocycles. The maximum atomic E-state index is 12.2. The van der Waals surface area contributed by atoms with E-state index in [0.717, 1.165) is 0 Å². The van der Waals surface area contributed by atoms with E-state index in [4.69, 9.17) is 11.6 Å². The molecule has 0 aliphatic carbocycles. The molecule has 22 heavy (non-hydrogen) atoms. The van der Waals surface area contributed by atoms with E-state index in [1.165, 1.54) is 12.3 Å². The van der Waals surface area contributed by atoms with Gasteiger partial charge in [-0.15, -0.1) is 0 Å². The first-order valence-corrected chi connectivity index (χ1v) is 7.18. The summed E-state index contributed by atoms with van der Waals surface area (Å²) in [6, 6.07) is 9.92. The van der Waals surface area contributed by atoms with Crippen molar-refractivity contribution in [3.8, 4) is 0 Å². The number of carbonyl (C=O) groups excluding carboxylic acids is 2. The second-order valence-electron chi connectivity index (χ2n) is 4.99. The number of aromatic nitrogens is 1. The summed E-state index contributed by atoms with van der Waals surface area (Å²) in [6.07, 6.45) is 1.43. The zero-order valence-electron chi connectivity index (χ0n) is 12.3. The predicted molar refractivity (Wildman–Crippen MR) is 86.2 cm³/mol. The highest BCUT2D eigenvalue weighted by Gasteiger charge is 2.13. The number of benzene rings is 1. The first-order chi connectivity index (χ1) is 10.5. The lowest BCUT2D eigenvalue weighted by molar-refractivity contribution is 0.0938. The number of nitrogens with one attached hydrogen (secondary N) is 2. The molecule has 114 valence electrons. The number of amides is 2. The van der Waals surface area contributed by atoms with Crippen LogP contribution in [0.25, 0.3) is 0 Å². The van der Waals surface area contributed by atoms with Crippen LogP contribution in [0.15, 0.2) is 42.6 Å². The van der Waals surface area contributed by atoms with Crippen LogP contribution < -0.4 is 10.6 Å². The molecule has 0 aliphatic heterocycles. The van der Waals surface area contributed by atoms with Gasteiger partial charge >= 0.3 is 0 Å². The van der Waals surface area contributed by atoms with Gasteiger partial charge in [0.1, 0.15) is 5.69 Å². The van der Waals surface area contributed by atoms with E-state index in [1.807, 2.05) is 13.8 Å². The van der Waals surface area contributed by atoms with Crippen molar-refractivity contribution >= 4 is 29.1 Å². The minimum Gasteiger partial charge on any atom is -0.349 e. The SMILES string of the molecule is CC(C)NC(=O)c1cc(C(=O)Nc2ccccc2Cl)ccn1. The topological polar surface area (TPSA) is 71.1 Å². The average molecular weight is 318 g/mol. The summed E-state index contributed by atoms with van der Waals surface area (Å²) in [5.41, 5.74) is 1.04. The summed E-state index contributed by atoms with van der Waals surface area (Å²) < 4.78 is 0. The van der Waals surface area contributed by atoms with Crippen LogP contribution in [0.1, 0.15) is 34.7 Å². The van der Waals surface area contributed by atoms with Gasteiger partial charge in [-0.3, -0.25) is 14.6 Å². The average Bonchev–Trinajstić information content (AvgIpc) is 2.49. The minimum absolute atomic E-state index is 0.00471. The van der Waals surface area contributed by atoms with Gasteiger partial charge in [0.15, 0.2) is 0 Å². The number of nitrogens with zero attached hydrogens (tertiary/aromatic N) is 1. The Morgan fingerprint density at radius 2 is 1.86 bits per heavy atom. The molecule has 0 spiro atoms. The van der Waals surface area contributed by atoms with Crippen molar-refractivity contribution in [2.45, 2.75) is 19.9 Å². The normalized spacial score (nSPS) is 10.4. The van der Waals surface area contributed by atoms with Gasteiger partial charge in [0.2, 0.25) is 0 Å². The van der Waals surface area contributed by atoms with Crippen LogP contribution in [0.2, 0.25) is 5.02 Å². The van der Waals surface area contributed by atoms with Gasteiger partial charge in [0.25, 0.3) is 11.8 Å². The van der Waals surface area contributed by atoms with Gasteiger partial charge in [0, 0.05) is 17.8 Å². The molecule has 5 nitrogen and oxygen atoms in total. The van der Waals surface area contributed by atoms with Crippen molar-refractivity contribution in [3.63, 3.8) is 0 Å². The molecule has 1 aromatic carbocycles. The molecular weight excluding hydrogens is 302 g/mol. The number of halogens is 1. The molecule has 0 radical (unpaired) electrons. The quantitative estimate of drug-likeness (QED) is 0.910. The fraction of sp³-hybridized carbons (Fsp3) is 0.188. The van der Waals surface area contributed by atoms with E-state index < -0.39 is 0 Å². The third kappa shape index (κ3) is 4.05. The van der Waals surface area contributed by atoms with Crippen molar-refractivity contribution in [1.29, 1.82) is 0 Å². The van der Waals surface area contributed by atoms with Gasteiger partial charge in [-0.2, -0.15) is 0 Å². The van der Waals surface area contributed by atoms with Crippen LogP contribution in [-0.4, -0.2) is 22.8 Å². The van der Waals surface area contributed by atoms with Crippen LogP contribution in [-0.2, 0) is 0 Å². The Kier molecular flexibility index (Phi) is 5.12. The Morgan fingerprint density at radius 1 is 1.14 bits per heavy atom. The smallest absolute Gasteiger partial charge is 0.270 e. The maximum Gasteiger partial charge on any atom is 0.270 e. The summed E-state index contributed by atoms with van der Waals surface area (Å²) in [4.78, 5) is 28.1. The fourth-order valence-electron chi connectivity index (χ4n) is 1.79. The van der Waals surface area contributed by atoms with Crippen LogP contribution in [0.4, 0.5) is 5.69 Å². The van der Waals surface area contributed by atoms with E-state index in [1.54, 1.807) is 30.3 Å². The maximum absolute atomic E-state index is 12.2. The molecule has 0 unspecified atom stereocenters. The van der Waals surface area contributed by atoms with Gasteiger partial charge in [-0.25, -0.2) is 0 Å². The number of rotatable bonds is 4. The van der Waals surface area contributed by atoms with Gasteiger partial charge in [0.05, 0.1) is 10.7 Å². The van der Waals surface area contributed by atoms with Crippen molar-refractivity contribution in [2.75, 3.05) is 5.32 Å². The molecule has 6 heteroatoms. The number of para-hydroxylation sites is 1. The van der Waals surface area contributed by atoms with E-state index in [2.05, 4.69) is 15.6 Å². The van der Waals surface area contributed by atoms with Crippen LogP contribution in [0.3, 0.4) is 0 Å². The van der Waals surface area contributed by atoms with E-state index in [0.29, 0.717) is 16.3 Å². The highest BCUT2D eigenvalue weighted by atomic mass is 35.5. The first-order valence-electron chi connectivity index (χ1n) is 6.80. The summed E-state index contributed by atoms with van der Waals surface area (Å²) in [5.74, 6) is -0.670. The Balaban J connectivity index is 2.17. The standard InChI is InChI=1S/C16H16ClN3O2/c1-10(2)19-16(22)14-9-11(7-8-18-14)15(21)20-13-6-4-3-5-12(13)17/h3-10H,1-2H3,(H,19,22)(H,20,21). The van der Waals surface area contributed by atoms with Crippen molar-refractivity contribution < 1.29 is 9.59 Å². The van der Waals surface area contributed by atoms with Crippen LogP contribution in [0, 0.1) is 0 Å². The number of carbonyl (C=O) groups is 2. The molecule has 2 aromatic rings. The highest BCUT2D eigenvalue weighted by Crippen LogP contribution is 2.21. The molecular formula is C16H16ClN3O2. The van der Waals surface area contributed by atoms with Crippen LogP contribution in [0.5, 0.6) is 0 Å². The Labute approximate surface area is 133 Å². The third-order valence-corrected chi connectivity index (χ3v) is 3.13. The lowest BCUT2D eigenvalue weighted by Crippen LogP contribution is -2.31. The molecule has 0 aliphatic rings. The van der Waals surface area contributed by atoms with Crippen molar-refractivity contribution in [3.05, 3.63) is 58.9 Å². The van der Waals surface area contributed by atoms with Gasteiger partial charge < -0.3 is 10.6 Å². The Hall–Kier alpha value is -2.40. The molecule has 2 amide bonds.